The van der Waals surface area contributed by atoms with Gasteiger partial charge in [-0.2, -0.15) is 0 Å². The Balaban J connectivity index is 1.75. The normalized spacial score (nSPS) is 27.4. The molecule has 2 bridgehead atoms. The summed E-state index contributed by atoms with van der Waals surface area (Å²) in [5.74, 6) is 3.03. The predicted molar refractivity (Wildman–Crippen MR) is 77.1 cm³/mol. The zero-order valence-corrected chi connectivity index (χ0v) is 12.0. The van der Waals surface area contributed by atoms with Crippen molar-refractivity contribution in [1.29, 1.82) is 0 Å². The molecule has 2 saturated carbocycles. The average molecular weight is 275 g/mol. The van der Waals surface area contributed by atoms with Gasteiger partial charge in [0, 0.05) is 12.0 Å². The fraction of sp³-hybridized carbons (Fsp3) is 0.562. The van der Waals surface area contributed by atoms with E-state index in [1.54, 1.807) is 14.2 Å². The molecule has 0 saturated heterocycles. The lowest BCUT2D eigenvalue weighted by atomic mass is 9.88. The molecule has 3 unspecified atom stereocenters. The molecule has 3 rings (SSSR count). The van der Waals surface area contributed by atoms with Crippen molar-refractivity contribution in [3.8, 4) is 11.5 Å². The number of hydrogen-bond donors (Lipinski definition) is 1. The first kappa shape index (κ1) is 13.3. The minimum Gasteiger partial charge on any atom is -0.497 e. The third kappa shape index (κ3) is 2.35. The van der Waals surface area contributed by atoms with Crippen LogP contribution in [0.5, 0.6) is 11.5 Å². The van der Waals surface area contributed by atoms with Gasteiger partial charge in [-0.1, -0.05) is 6.42 Å². The molecule has 3 atom stereocenters. The molecular formula is C16H21NO3. The van der Waals surface area contributed by atoms with Crippen LogP contribution in [-0.4, -0.2) is 20.1 Å². The van der Waals surface area contributed by atoms with E-state index in [2.05, 4.69) is 5.32 Å². The van der Waals surface area contributed by atoms with Gasteiger partial charge in [-0.15, -0.1) is 0 Å². The van der Waals surface area contributed by atoms with Crippen LogP contribution >= 0.6 is 0 Å². The van der Waals surface area contributed by atoms with Crippen molar-refractivity contribution < 1.29 is 14.3 Å². The molecule has 0 heterocycles. The molecule has 1 aromatic rings. The number of carbonyl (C=O) groups is 1. The topological polar surface area (TPSA) is 47.6 Å². The van der Waals surface area contributed by atoms with Crippen LogP contribution in [0, 0.1) is 17.8 Å². The highest BCUT2D eigenvalue weighted by molar-refractivity contribution is 5.94. The van der Waals surface area contributed by atoms with Crippen LogP contribution in [-0.2, 0) is 4.79 Å². The number of amides is 1. The van der Waals surface area contributed by atoms with Gasteiger partial charge in [-0.25, -0.2) is 0 Å². The molecule has 108 valence electrons. The maximum Gasteiger partial charge on any atom is 0.227 e. The van der Waals surface area contributed by atoms with Gasteiger partial charge >= 0.3 is 0 Å². The SMILES string of the molecule is COc1ccc(OC)c(NC(=O)C2CC3CCC2C3)c1. The smallest absolute Gasteiger partial charge is 0.227 e. The number of carbonyl (C=O) groups excluding carboxylic acids is 1. The Kier molecular flexibility index (Phi) is 3.55. The molecule has 1 aromatic carbocycles. The number of anilines is 1. The molecule has 2 fully saturated rings. The Morgan fingerprint density at radius 2 is 2.05 bits per heavy atom. The van der Waals surface area contributed by atoms with E-state index in [1.165, 1.54) is 19.3 Å². The fourth-order valence-corrected chi connectivity index (χ4v) is 3.70. The summed E-state index contributed by atoms with van der Waals surface area (Å²) in [5, 5.41) is 3.02. The first-order valence-corrected chi connectivity index (χ1v) is 7.24. The van der Waals surface area contributed by atoms with E-state index in [9.17, 15) is 4.79 Å². The Morgan fingerprint density at radius 3 is 2.65 bits per heavy atom. The van der Waals surface area contributed by atoms with Crippen LogP contribution in [0.3, 0.4) is 0 Å². The van der Waals surface area contributed by atoms with Gasteiger partial charge in [0.2, 0.25) is 5.91 Å². The molecule has 2 aliphatic carbocycles. The summed E-state index contributed by atoms with van der Waals surface area (Å²) in [6, 6.07) is 5.45. The first-order chi connectivity index (χ1) is 9.71. The summed E-state index contributed by atoms with van der Waals surface area (Å²) in [7, 11) is 3.22. The van der Waals surface area contributed by atoms with E-state index in [0.717, 1.165) is 12.3 Å². The predicted octanol–water partition coefficient (Wildman–Crippen LogP) is 3.08. The Labute approximate surface area is 119 Å². The molecule has 20 heavy (non-hydrogen) atoms. The molecular weight excluding hydrogens is 254 g/mol. The van der Waals surface area contributed by atoms with Crippen molar-refractivity contribution in [1.82, 2.24) is 0 Å². The monoisotopic (exact) mass is 275 g/mol. The third-order valence-corrected chi connectivity index (χ3v) is 4.74. The number of rotatable bonds is 4. The van der Waals surface area contributed by atoms with Crippen molar-refractivity contribution in [2.75, 3.05) is 19.5 Å². The van der Waals surface area contributed by atoms with Crippen molar-refractivity contribution in [3.63, 3.8) is 0 Å². The number of methoxy groups -OCH3 is 2. The number of fused-ring (bicyclic) bond motifs is 2. The Hall–Kier alpha value is -1.71. The Morgan fingerprint density at radius 1 is 1.20 bits per heavy atom. The third-order valence-electron chi connectivity index (χ3n) is 4.74. The van der Waals surface area contributed by atoms with Gasteiger partial charge < -0.3 is 14.8 Å². The van der Waals surface area contributed by atoms with Gasteiger partial charge in [-0.3, -0.25) is 4.79 Å². The van der Waals surface area contributed by atoms with Crippen molar-refractivity contribution in [3.05, 3.63) is 18.2 Å². The minimum absolute atomic E-state index is 0.128. The van der Waals surface area contributed by atoms with E-state index in [4.69, 9.17) is 9.47 Å². The molecule has 2 aliphatic rings. The van der Waals surface area contributed by atoms with Crippen LogP contribution in [0.25, 0.3) is 0 Å². The second kappa shape index (κ2) is 5.35. The molecule has 1 N–H and O–H groups in total. The second-order valence-electron chi connectivity index (χ2n) is 5.84. The number of hydrogen-bond acceptors (Lipinski definition) is 3. The van der Waals surface area contributed by atoms with E-state index >= 15 is 0 Å². The minimum atomic E-state index is 0.128. The van der Waals surface area contributed by atoms with Gasteiger partial charge in [0.15, 0.2) is 0 Å². The highest BCUT2D eigenvalue weighted by Crippen LogP contribution is 2.48. The maximum absolute atomic E-state index is 12.5. The number of ether oxygens (including phenoxy) is 2. The van der Waals surface area contributed by atoms with E-state index < -0.39 is 0 Å². The van der Waals surface area contributed by atoms with Crippen molar-refractivity contribution >= 4 is 11.6 Å². The van der Waals surface area contributed by atoms with Crippen LogP contribution in [0.2, 0.25) is 0 Å². The lowest BCUT2D eigenvalue weighted by molar-refractivity contribution is -0.121. The number of benzene rings is 1. The molecule has 0 radical (unpaired) electrons. The highest BCUT2D eigenvalue weighted by Gasteiger charge is 2.43. The Bertz CT molecular complexity index is 514. The quantitative estimate of drug-likeness (QED) is 0.918. The van der Waals surface area contributed by atoms with E-state index in [-0.39, 0.29) is 11.8 Å². The molecule has 0 spiro atoms. The van der Waals surface area contributed by atoms with Crippen LogP contribution in [0.15, 0.2) is 18.2 Å². The van der Waals surface area contributed by atoms with E-state index in [0.29, 0.717) is 23.1 Å². The largest absolute Gasteiger partial charge is 0.497 e. The zero-order valence-electron chi connectivity index (χ0n) is 12.0. The van der Waals surface area contributed by atoms with Gasteiger partial charge in [0.05, 0.1) is 19.9 Å². The zero-order chi connectivity index (χ0) is 14.1. The standard InChI is InChI=1S/C16H21NO3/c1-19-12-5-6-15(20-2)14(9-12)17-16(18)13-8-10-3-4-11(13)7-10/h5-6,9-11,13H,3-4,7-8H2,1-2H3,(H,17,18). The summed E-state index contributed by atoms with van der Waals surface area (Å²) >= 11 is 0. The fourth-order valence-electron chi connectivity index (χ4n) is 3.70. The number of nitrogens with one attached hydrogen (secondary N) is 1. The molecule has 0 aliphatic heterocycles. The summed E-state index contributed by atoms with van der Waals surface area (Å²) in [4.78, 5) is 12.5. The van der Waals surface area contributed by atoms with Crippen molar-refractivity contribution in [2.45, 2.75) is 25.7 Å². The molecule has 0 aromatic heterocycles. The highest BCUT2D eigenvalue weighted by atomic mass is 16.5. The summed E-state index contributed by atoms with van der Waals surface area (Å²) in [6.07, 6.45) is 4.78. The molecule has 4 heteroatoms. The first-order valence-electron chi connectivity index (χ1n) is 7.24. The molecule has 1 amide bonds. The summed E-state index contributed by atoms with van der Waals surface area (Å²) in [6.45, 7) is 0. The van der Waals surface area contributed by atoms with Gasteiger partial charge in [0.25, 0.3) is 0 Å². The molecule has 4 nitrogen and oxygen atoms in total. The average Bonchev–Trinajstić information content (AvgIpc) is 3.09. The second-order valence-corrected chi connectivity index (χ2v) is 5.84. The van der Waals surface area contributed by atoms with Crippen molar-refractivity contribution in [2.24, 2.45) is 17.8 Å². The maximum atomic E-state index is 12.5. The van der Waals surface area contributed by atoms with Gasteiger partial charge in [-0.05, 0) is 43.2 Å². The van der Waals surface area contributed by atoms with Crippen LogP contribution in [0.4, 0.5) is 5.69 Å². The van der Waals surface area contributed by atoms with Crippen LogP contribution in [0.1, 0.15) is 25.7 Å². The lowest BCUT2D eigenvalue weighted by Crippen LogP contribution is -2.27. The van der Waals surface area contributed by atoms with Crippen LogP contribution < -0.4 is 14.8 Å². The lowest BCUT2D eigenvalue weighted by Gasteiger charge is -2.21. The summed E-state index contributed by atoms with van der Waals surface area (Å²) in [5.41, 5.74) is 0.694. The van der Waals surface area contributed by atoms with Gasteiger partial charge in [0.1, 0.15) is 11.5 Å². The van der Waals surface area contributed by atoms with E-state index in [1.807, 2.05) is 18.2 Å². The summed E-state index contributed by atoms with van der Waals surface area (Å²) < 4.78 is 10.5.